The number of piperidine rings is 1. The number of likely N-dealkylation sites (tertiary alicyclic amines) is 2. The predicted molar refractivity (Wildman–Crippen MR) is 53.4 cm³/mol. The van der Waals surface area contributed by atoms with Crippen LogP contribution in [-0.2, 0) is 0 Å². The molecule has 2 aliphatic heterocycles. The average molecular weight is 198 g/mol. The first-order chi connectivity index (χ1) is 6.64. The van der Waals surface area contributed by atoms with E-state index >= 15 is 0 Å². The van der Waals surface area contributed by atoms with Gasteiger partial charge in [-0.2, -0.15) is 0 Å². The van der Waals surface area contributed by atoms with Crippen LogP contribution in [0, 0.1) is 0 Å². The molecule has 2 rings (SSSR count). The molecule has 14 heavy (non-hydrogen) atoms. The largest absolute Gasteiger partial charge is 0.465 e. The van der Waals surface area contributed by atoms with E-state index < -0.39 is 6.09 Å². The van der Waals surface area contributed by atoms with Crippen LogP contribution in [0.2, 0.25) is 0 Å². The maximum Gasteiger partial charge on any atom is 0.407 e. The van der Waals surface area contributed by atoms with Crippen molar-refractivity contribution in [1.29, 1.82) is 0 Å². The average Bonchev–Trinajstić information content (AvgIpc) is 2.48. The Morgan fingerprint density at radius 3 is 2.50 bits per heavy atom. The molecule has 0 radical (unpaired) electrons. The molecule has 4 heteroatoms. The van der Waals surface area contributed by atoms with Gasteiger partial charge >= 0.3 is 6.09 Å². The lowest BCUT2D eigenvalue weighted by Gasteiger charge is -2.43. The summed E-state index contributed by atoms with van der Waals surface area (Å²) in [6.07, 6.45) is 3.78. The maximum absolute atomic E-state index is 10.9. The van der Waals surface area contributed by atoms with Gasteiger partial charge in [-0.25, -0.2) is 4.79 Å². The van der Waals surface area contributed by atoms with Crippen LogP contribution in [0.15, 0.2) is 0 Å². The predicted octanol–water partition coefficient (Wildman–Crippen LogP) is 1.22. The van der Waals surface area contributed by atoms with Gasteiger partial charge in [-0.1, -0.05) is 0 Å². The van der Waals surface area contributed by atoms with E-state index in [-0.39, 0.29) is 5.54 Å². The standard InChI is InChI=1S/C10H18N2O2/c1-11-6-2-4-10(11)5-3-7-12(8-10)9(13)14/h2-8H2,1H3,(H,13,14). The Hall–Kier alpha value is -0.770. The monoisotopic (exact) mass is 198 g/mol. The van der Waals surface area contributed by atoms with Crippen molar-refractivity contribution in [3.8, 4) is 0 Å². The van der Waals surface area contributed by atoms with Crippen LogP contribution in [0.4, 0.5) is 4.79 Å². The third-order valence-electron chi connectivity index (χ3n) is 3.77. The molecule has 0 bridgehead atoms. The second-order valence-electron chi connectivity index (χ2n) is 4.56. The van der Waals surface area contributed by atoms with E-state index in [4.69, 9.17) is 5.11 Å². The van der Waals surface area contributed by atoms with Gasteiger partial charge in [0, 0.05) is 18.6 Å². The van der Waals surface area contributed by atoms with Gasteiger partial charge in [-0.15, -0.1) is 0 Å². The molecule has 4 nitrogen and oxygen atoms in total. The molecule has 1 unspecified atom stereocenters. The van der Waals surface area contributed by atoms with Crippen LogP contribution in [0.1, 0.15) is 25.7 Å². The molecule has 1 spiro atoms. The van der Waals surface area contributed by atoms with E-state index in [1.54, 1.807) is 4.90 Å². The molecule has 1 atom stereocenters. The Bertz CT molecular complexity index is 244. The van der Waals surface area contributed by atoms with Crippen molar-refractivity contribution in [2.45, 2.75) is 31.2 Å². The smallest absolute Gasteiger partial charge is 0.407 e. The molecule has 0 saturated carbocycles. The second kappa shape index (κ2) is 3.42. The minimum Gasteiger partial charge on any atom is -0.465 e. The fourth-order valence-electron chi connectivity index (χ4n) is 2.86. The first-order valence-electron chi connectivity index (χ1n) is 5.33. The van der Waals surface area contributed by atoms with Crippen molar-refractivity contribution < 1.29 is 9.90 Å². The number of likely N-dealkylation sites (N-methyl/N-ethyl adjacent to an activating group) is 1. The summed E-state index contributed by atoms with van der Waals surface area (Å²) in [6, 6.07) is 0. The van der Waals surface area contributed by atoms with Crippen LogP contribution >= 0.6 is 0 Å². The summed E-state index contributed by atoms with van der Waals surface area (Å²) in [6.45, 7) is 2.54. The molecular formula is C10H18N2O2. The molecule has 0 aromatic heterocycles. The Kier molecular flexibility index (Phi) is 2.39. The van der Waals surface area contributed by atoms with Crippen molar-refractivity contribution in [1.82, 2.24) is 9.80 Å². The Morgan fingerprint density at radius 2 is 1.93 bits per heavy atom. The zero-order valence-corrected chi connectivity index (χ0v) is 8.70. The lowest BCUT2D eigenvalue weighted by molar-refractivity contribution is 0.0560. The SMILES string of the molecule is CN1CCCC12CCCN(C(=O)O)C2. The Morgan fingerprint density at radius 1 is 1.29 bits per heavy atom. The van der Waals surface area contributed by atoms with Gasteiger partial charge in [0.05, 0.1) is 0 Å². The van der Waals surface area contributed by atoms with E-state index in [1.165, 1.54) is 6.42 Å². The summed E-state index contributed by atoms with van der Waals surface area (Å²) in [7, 11) is 2.12. The summed E-state index contributed by atoms with van der Waals surface area (Å²) >= 11 is 0. The fraction of sp³-hybridized carbons (Fsp3) is 0.900. The van der Waals surface area contributed by atoms with Crippen LogP contribution in [0.3, 0.4) is 0 Å². The van der Waals surface area contributed by atoms with Crippen molar-refractivity contribution in [3.63, 3.8) is 0 Å². The number of carboxylic acid groups (broad SMARTS) is 1. The number of amides is 1. The van der Waals surface area contributed by atoms with Crippen molar-refractivity contribution in [2.24, 2.45) is 0 Å². The molecule has 1 N–H and O–H groups in total. The number of hydrogen-bond donors (Lipinski definition) is 1. The molecule has 2 fully saturated rings. The first kappa shape index (κ1) is 9.77. The zero-order valence-electron chi connectivity index (χ0n) is 8.70. The highest BCUT2D eigenvalue weighted by molar-refractivity contribution is 5.65. The highest BCUT2D eigenvalue weighted by Gasteiger charge is 2.42. The summed E-state index contributed by atoms with van der Waals surface area (Å²) in [5.41, 5.74) is 0.163. The molecule has 80 valence electrons. The summed E-state index contributed by atoms with van der Waals surface area (Å²) in [4.78, 5) is 14.8. The molecule has 1 amide bonds. The van der Waals surface area contributed by atoms with Gasteiger partial charge in [-0.3, -0.25) is 4.90 Å². The fourth-order valence-corrected chi connectivity index (χ4v) is 2.86. The van der Waals surface area contributed by atoms with E-state index in [2.05, 4.69) is 11.9 Å². The highest BCUT2D eigenvalue weighted by Crippen LogP contribution is 2.35. The minimum absolute atomic E-state index is 0.163. The molecule has 0 aromatic carbocycles. The number of nitrogens with zero attached hydrogens (tertiary/aromatic N) is 2. The van der Waals surface area contributed by atoms with Gasteiger partial charge in [-0.05, 0) is 39.3 Å². The number of carbonyl (C=O) groups is 1. The van der Waals surface area contributed by atoms with Crippen LogP contribution in [0.25, 0.3) is 0 Å². The molecule has 2 heterocycles. The van der Waals surface area contributed by atoms with Gasteiger partial charge < -0.3 is 10.0 Å². The zero-order chi connectivity index (χ0) is 10.2. The quantitative estimate of drug-likeness (QED) is 0.636. The van der Waals surface area contributed by atoms with Gasteiger partial charge in [0.2, 0.25) is 0 Å². The maximum atomic E-state index is 10.9. The van der Waals surface area contributed by atoms with E-state index in [9.17, 15) is 4.79 Å². The third kappa shape index (κ3) is 1.47. The van der Waals surface area contributed by atoms with Crippen LogP contribution in [-0.4, -0.2) is 53.2 Å². The topological polar surface area (TPSA) is 43.8 Å². The lowest BCUT2D eigenvalue weighted by Crippen LogP contribution is -2.55. The van der Waals surface area contributed by atoms with Crippen molar-refractivity contribution in [2.75, 3.05) is 26.7 Å². The second-order valence-corrected chi connectivity index (χ2v) is 4.56. The molecule has 2 saturated heterocycles. The van der Waals surface area contributed by atoms with Crippen LogP contribution < -0.4 is 0 Å². The number of hydrogen-bond acceptors (Lipinski definition) is 2. The van der Waals surface area contributed by atoms with E-state index in [0.29, 0.717) is 13.1 Å². The molecular weight excluding hydrogens is 180 g/mol. The Balaban J connectivity index is 2.09. The summed E-state index contributed by atoms with van der Waals surface area (Å²) in [5, 5.41) is 8.98. The minimum atomic E-state index is -0.760. The van der Waals surface area contributed by atoms with Crippen molar-refractivity contribution in [3.05, 3.63) is 0 Å². The summed E-state index contributed by atoms with van der Waals surface area (Å²) in [5.74, 6) is 0. The van der Waals surface area contributed by atoms with E-state index in [1.807, 2.05) is 0 Å². The summed E-state index contributed by atoms with van der Waals surface area (Å²) < 4.78 is 0. The Labute approximate surface area is 84.5 Å². The van der Waals surface area contributed by atoms with Gasteiger partial charge in [0.25, 0.3) is 0 Å². The molecule has 0 aliphatic carbocycles. The van der Waals surface area contributed by atoms with Crippen molar-refractivity contribution >= 4 is 6.09 Å². The van der Waals surface area contributed by atoms with Gasteiger partial charge in [0.1, 0.15) is 0 Å². The molecule has 0 aromatic rings. The number of rotatable bonds is 0. The van der Waals surface area contributed by atoms with Crippen LogP contribution in [0.5, 0.6) is 0 Å². The van der Waals surface area contributed by atoms with Gasteiger partial charge in [0.15, 0.2) is 0 Å². The normalized spacial score (nSPS) is 33.9. The highest BCUT2D eigenvalue weighted by atomic mass is 16.4. The molecule has 2 aliphatic rings. The first-order valence-corrected chi connectivity index (χ1v) is 5.33. The third-order valence-corrected chi connectivity index (χ3v) is 3.77. The van der Waals surface area contributed by atoms with E-state index in [0.717, 1.165) is 25.8 Å². The lowest BCUT2D eigenvalue weighted by atomic mass is 9.87.